The first-order valence-electron chi connectivity index (χ1n) is 5.06. The van der Waals surface area contributed by atoms with Gasteiger partial charge in [0.1, 0.15) is 0 Å². The number of hydrogen-bond acceptors (Lipinski definition) is 1. The van der Waals surface area contributed by atoms with Gasteiger partial charge >= 0.3 is 0 Å². The molecule has 0 aliphatic heterocycles. The molecule has 0 aliphatic carbocycles. The van der Waals surface area contributed by atoms with E-state index in [9.17, 15) is 0 Å². The van der Waals surface area contributed by atoms with E-state index >= 15 is 0 Å². The van der Waals surface area contributed by atoms with Gasteiger partial charge in [0, 0.05) is 29.1 Å². The van der Waals surface area contributed by atoms with Crippen LogP contribution < -0.4 is 5.32 Å². The molecule has 0 amide bonds. The lowest BCUT2D eigenvalue weighted by molar-refractivity contribution is 0.654. The van der Waals surface area contributed by atoms with Gasteiger partial charge in [0.05, 0.1) is 5.52 Å². The molecule has 1 unspecified atom stereocenters. The molecule has 1 atom stereocenters. The fraction of sp³-hybridized carbons (Fsp3) is 0.333. The van der Waals surface area contributed by atoms with Gasteiger partial charge in [0.15, 0.2) is 0 Å². The van der Waals surface area contributed by atoms with Crippen molar-refractivity contribution in [1.29, 1.82) is 0 Å². The maximum absolute atomic E-state index is 3.59. The van der Waals surface area contributed by atoms with Crippen molar-refractivity contribution in [1.82, 2.24) is 9.88 Å². The van der Waals surface area contributed by atoms with Gasteiger partial charge in [0.2, 0.25) is 0 Å². The van der Waals surface area contributed by atoms with Crippen LogP contribution in [0.25, 0.3) is 10.9 Å². The Kier molecular flexibility index (Phi) is 2.85. The monoisotopic (exact) mass is 266 g/mol. The van der Waals surface area contributed by atoms with Gasteiger partial charge in [-0.25, -0.2) is 0 Å². The molecule has 0 spiro atoms. The summed E-state index contributed by atoms with van der Waals surface area (Å²) in [5.74, 6) is 0. The lowest BCUT2D eigenvalue weighted by Gasteiger charge is -2.08. The van der Waals surface area contributed by atoms with E-state index in [1.165, 1.54) is 16.5 Å². The molecule has 1 aromatic carbocycles. The molecule has 0 bridgehead atoms. The molecule has 0 saturated heterocycles. The van der Waals surface area contributed by atoms with Crippen molar-refractivity contribution in [2.24, 2.45) is 7.05 Å². The molecule has 1 aromatic heterocycles. The maximum Gasteiger partial charge on any atom is 0.0625 e. The Morgan fingerprint density at radius 1 is 1.40 bits per heavy atom. The van der Waals surface area contributed by atoms with Gasteiger partial charge in [0.25, 0.3) is 0 Å². The summed E-state index contributed by atoms with van der Waals surface area (Å²) in [5, 5.41) is 4.59. The zero-order valence-electron chi connectivity index (χ0n) is 9.21. The number of nitrogens with zero attached hydrogens (tertiary/aromatic N) is 1. The lowest BCUT2D eigenvalue weighted by Crippen LogP contribution is -2.11. The Hall–Kier alpha value is -0.800. The van der Waals surface area contributed by atoms with E-state index in [0.717, 1.165) is 4.47 Å². The van der Waals surface area contributed by atoms with Crippen molar-refractivity contribution in [3.05, 3.63) is 34.4 Å². The van der Waals surface area contributed by atoms with Gasteiger partial charge < -0.3 is 9.88 Å². The predicted octanol–water partition coefficient (Wildman–Crippen LogP) is 3.22. The van der Waals surface area contributed by atoms with Crippen molar-refractivity contribution >= 4 is 26.8 Å². The van der Waals surface area contributed by atoms with E-state index < -0.39 is 0 Å². The smallest absolute Gasteiger partial charge is 0.0625 e. The van der Waals surface area contributed by atoms with Gasteiger partial charge in [-0.15, -0.1) is 0 Å². The molecule has 2 rings (SSSR count). The van der Waals surface area contributed by atoms with Crippen LogP contribution in [-0.4, -0.2) is 11.6 Å². The average Bonchev–Trinajstić information content (AvgIpc) is 2.56. The summed E-state index contributed by atoms with van der Waals surface area (Å²) >= 11 is 3.59. The van der Waals surface area contributed by atoms with Gasteiger partial charge in [-0.2, -0.15) is 0 Å². The van der Waals surface area contributed by atoms with E-state index in [1.54, 1.807) is 0 Å². The number of aryl methyl sites for hydroxylation is 1. The number of fused-ring (bicyclic) bond motifs is 1. The summed E-state index contributed by atoms with van der Waals surface area (Å²) in [6.07, 6.45) is 2.19. The van der Waals surface area contributed by atoms with Crippen LogP contribution >= 0.6 is 15.9 Å². The normalized spacial score (nSPS) is 13.3. The van der Waals surface area contributed by atoms with Crippen LogP contribution in [0.2, 0.25) is 0 Å². The van der Waals surface area contributed by atoms with Crippen LogP contribution in [0.15, 0.2) is 28.9 Å². The fourth-order valence-electron chi connectivity index (χ4n) is 1.95. The van der Waals surface area contributed by atoms with E-state index in [2.05, 4.69) is 64.2 Å². The minimum Gasteiger partial charge on any atom is -0.349 e. The SMILES string of the molecule is CNC(C)c1cn(C)c2c(Br)cccc12. The fourth-order valence-corrected chi connectivity index (χ4v) is 2.60. The van der Waals surface area contributed by atoms with Crippen molar-refractivity contribution in [2.75, 3.05) is 7.05 Å². The largest absolute Gasteiger partial charge is 0.349 e. The van der Waals surface area contributed by atoms with Crippen LogP contribution in [0.1, 0.15) is 18.5 Å². The van der Waals surface area contributed by atoms with Crippen molar-refractivity contribution in [3.8, 4) is 0 Å². The topological polar surface area (TPSA) is 17.0 Å². The molecular weight excluding hydrogens is 252 g/mol. The number of nitrogens with one attached hydrogen (secondary N) is 1. The highest BCUT2D eigenvalue weighted by Crippen LogP contribution is 2.30. The van der Waals surface area contributed by atoms with Crippen LogP contribution in [-0.2, 0) is 7.05 Å². The molecule has 1 N–H and O–H groups in total. The van der Waals surface area contributed by atoms with Gasteiger partial charge in [-0.05, 0) is 41.5 Å². The van der Waals surface area contributed by atoms with E-state index in [-0.39, 0.29) is 0 Å². The van der Waals surface area contributed by atoms with Crippen LogP contribution in [0, 0.1) is 0 Å². The third-order valence-electron chi connectivity index (χ3n) is 2.88. The first-order chi connectivity index (χ1) is 7.15. The second kappa shape index (κ2) is 3.99. The van der Waals surface area contributed by atoms with Gasteiger partial charge in [-0.1, -0.05) is 12.1 Å². The number of benzene rings is 1. The number of hydrogen-bond donors (Lipinski definition) is 1. The predicted molar refractivity (Wildman–Crippen MR) is 68.1 cm³/mol. The molecule has 3 heteroatoms. The molecular formula is C12H15BrN2. The summed E-state index contributed by atoms with van der Waals surface area (Å²) in [5.41, 5.74) is 2.60. The van der Waals surface area contributed by atoms with E-state index in [4.69, 9.17) is 0 Å². The Labute approximate surface area is 98.4 Å². The third kappa shape index (κ3) is 1.70. The summed E-state index contributed by atoms with van der Waals surface area (Å²) < 4.78 is 3.32. The highest BCUT2D eigenvalue weighted by atomic mass is 79.9. The first kappa shape index (κ1) is 10.7. The number of para-hydroxylation sites is 1. The van der Waals surface area contributed by atoms with Crippen LogP contribution in [0.5, 0.6) is 0 Å². The molecule has 0 aliphatic rings. The Balaban J connectivity index is 2.73. The van der Waals surface area contributed by atoms with E-state index in [1.807, 2.05) is 7.05 Å². The summed E-state index contributed by atoms with van der Waals surface area (Å²) in [7, 11) is 4.07. The average molecular weight is 267 g/mol. The van der Waals surface area contributed by atoms with Crippen molar-refractivity contribution in [3.63, 3.8) is 0 Å². The second-order valence-corrected chi connectivity index (χ2v) is 4.70. The van der Waals surface area contributed by atoms with Crippen LogP contribution in [0.3, 0.4) is 0 Å². The lowest BCUT2D eigenvalue weighted by atomic mass is 10.1. The van der Waals surface area contributed by atoms with Gasteiger partial charge in [-0.3, -0.25) is 0 Å². The molecule has 80 valence electrons. The minimum atomic E-state index is 0.378. The maximum atomic E-state index is 3.59. The number of rotatable bonds is 2. The zero-order chi connectivity index (χ0) is 11.0. The minimum absolute atomic E-state index is 0.378. The Bertz CT molecular complexity index is 488. The first-order valence-corrected chi connectivity index (χ1v) is 5.85. The van der Waals surface area contributed by atoms with Crippen molar-refractivity contribution in [2.45, 2.75) is 13.0 Å². The molecule has 0 radical (unpaired) electrons. The Morgan fingerprint density at radius 3 is 2.80 bits per heavy atom. The van der Waals surface area contributed by atoms with Crippen LogP contribution in [0.4, 0.5) is 0 Å². The molecule has 2 nitrogen and oxygen atoms in total. The quantitative estimate of drug-likeness (QED) is 0.884. The molecule has 15 heavy (non-hydrogen) atoms. The molecule has 1 heterocycles. The summed E-state index contributed by atoms with van der Waals surface area (Å²) in [6, 6.07) is 6.71. The highest BCUT2D eigenvalue weighted by molar-refractivity contribution is 9.10. The summed E-state index contributed by atoms with van der Waals surface area (Å²) in [6.45, 7) is 2.18. The molecule has 0 saturated carbocycles. The highest BCUT2D eigenvalue weighted by Gasteiger charge is 2.12. The molecule has 2 aromatic rings. The Morgan fingerprint density at radius 2 is 2.13 bits per heavy atom. The van der Waals surface area contributed by atoms with E-state index in [0.29, 0.717) is 6.04 Å². The third-order valence-corrected chi connectivity index (χ3v) is 3.52. The number of halogens is 1. The summed E-state index contributed by atoms with van der Waals surface area (Å²) in [4.78, 5) is 0. The number of aromatic nitrogens is 1. The molecule has 0 fully saturated rings. The van der Waals surface area contributed by atoms with Crippen molar-refractivity contribution < 1.29 is 0 Å². The zero-order valence-corrected chi connectivity index (χ0v) is 10.8. The second-order valence-electron chi connectivity index (χ2n) is 3.84. The standard InChI is InChI=1S/C12H15BrN2/c1-8(14-2)10-7-15(3)12-9(10)5-4-6-11(12)13/h4-8,14H,1-3H3.